The summed E-state index contributed by atoms with van der Waals surface area (Å²) in [6.07, 6.45) is 3.23. The summed E-state index contributed by atoms with van der Waals surface area (Å²) < 4.78 is 13.3. The molecule has 0 amide bonds. The van der Waals surface area contributed by atoms with Crippen LogP contribution < -0.4 is 5.32 Å². The van der Waals surface area contributed by atoms with E-state index in [2.05, 4.69) is 21.2 Å². The van der Waals surface area contributed by atoms with Crippen LogP contribution in [0.25, 0.3) is 0 Å². The molecule has 1 aliphatic rings. The number of hydrogen-bond acceptors (Lipinski definition) is 2. The number of hydrogen-bond donors (Lipinski definition) is 1. The van der Waals surface area contributed by atoms with Crippen molar-refractivity contribution in [3.63, 3.8) is 0 Å². The fraction of sp³-hybridized carbons (Fsp3) is 0.500. The molecule has 88 valence electrons. The van der Waals surface area contributed by atoms with Gasteiger partial charge in [-0.3, -0.25) is 4.21 Å². The van der Waals surface area contributed by atoms with Crippen molar-refractivity contribution in [3.8, 4) is 0 Å². The maximum Gasteiger partial charge on any atom is 0.0561 e. The van der Waals surface area contributed by atoms with Crippen molar-refractivity contribution in [1.82, 2.24) is 5.32 Å². The van der Waals surface area contributed by atoms with Gasteiger partial charge in [0.15, 0.2) is 0 Å². The molecule has 1 aliphatic carbocycles. The summed E-state index contributed by atoms with van der Waals surface area (Å²) in [6.45, 7) is 0. The van der Waals surface area contributed by atoms with Crippen molar-refractivity contribution < 1.29 is 4.21 Å². The van der Waals surface area contributed by atoms with Crippen LogP contribution in [-0.4, -0.2) is 22.5 Å². The van der Waals surface area contributed by atoms with E-state index in [0.717, 1.165) is 28.6 Å². The lowest BCUT2D eigenvalue weighted by Crippen LogP contribution is -2.23. The Morgan fingerprint density at radius 3 is 2.56 bits per heavy atom. The van der Waals surface area contributed by atoms with Crippen LogP contribution in [-0.2, 0) is 10.8 Å². The van der Waals surface area contributed by atoms with Crippen molar-refractivity contribution >= 4 is 26.7 Å². The van der Waals surface area contributed by atoms with E-state index in [1.807, 2.05) is 31.3 Å². The summed E-state index contributed by atoms with van der Waals surface area (Å²) in [5.74, 6) is 0. The van der Waals surface area contributed by atoms with Gasteiger partial charge in [-0.15, -0.1) is 0 Å². The van der Waals surface area contributed by atoms with Gasteiger partial charge in [-0.25, -0.2) is 0 Å². The molecule has 0 radical (unpaired) electrons. The molecule has 1 saturated carbocycles. The fourth-order valence-electron chi connectivity index (χ4n) is 2.16. The third-order valence-corrected chi connectivity index (χ3v) is 5.44. The van der Waals surface area contributed by atoms with Gasteiger partial charge in [0.25, 0.3) is 0 Å². The maximum atomic E-state index is 12.3. The van der Waals surface area contributed by atoms with E-state index in [1.54, 1.807) is 0 Å². The van der Waals surface area contributed by atoms with Crippen molar-refractivity contribution in [3.05, 3.63) is 28.7 Å². The molecule has 0 heterocycles. The first-order valence-electron chi connectivity index (χ1n) is 5.54. The molecular weight excluding hydrogens is 286 g/mol. The molecule has 0 aliphatic heterocycles. The van der Waals surface area contributed by atoms with E-state index >= 15 is 0 Å². The van der Waals surface area contributed by atoms with Crippen molar-refractivity contribution in [2.45, 2.75) is 35.4 Å². The summed E-state index contributed by atoms with van der Waals surface area (Å²) in [5.41, 5.74) is 0. The van der Waals surface area contributed by atoms with Gasteiger partial charge in [-0.1, -0.05) is 15.9 Å². The zero-order valence-electron chi connectivity index (χ0n) is 9.28. The van der Waals surface area contributed by atoms with E-state index in [1.165, 1.54) is 0 Å². The Hall–Kier alpha value is -0.190. The zero-order valence-corrected chi connectivity index (χ0v) is 11.7. The van der Waals surface area contributed by atoms with Crippen LogP contribution in [0.1, 0.15) is 19.3 Å². The van der Waals surface area contributed by atoms with Crippen LogP contribution in [0, 0.1) is 0 Å². The highest BCUT2D eigenvalue weighted by atomic mass is 79.9. The first kappa shape index (κ1) is 12.3. The molecular formula is C12H16BrNOS. The second-order valence-corrected chi connectivity index (χ2v) is 6.82. The summed E-state index contributed by atoms with van der Waals surface area (Å²) in [5, 5.41) is 3.59. The maximum absolute atomic E-state index is 12.3. The van der Waals surface area contributed by atoms with Crippen LogP contribution >= 0.6 is 15.9 Å². The van der Waals surface area contributed by atoms with Gasteiger partial charge in [0.2, 0.25) is 0 Å². The van der Waals surface area contributed by atoms with Crippen molar-refractivity contribution in [2.75, 3.05) is 7.05 Å². The molecule has 0 spiro atoms. The molecule has 1 aromatic carbocycles. The van der Waals surface area contributed by atoms with E-state index in [4.69, 9.17) is 0 Å². The Kier molecular flexibility index (Phi) is 4.16. The molecule has 0 aromatic heterocycles. The predicted molar refractivity (Wildman–Crippen MR) is 71.0 cm³/mol. The lowest BCUT2D eigenvalue weighted by molar-refractivity contribution is 0.581. The summed E-state index contributed by atoms with van der Waals surface area (Å²) in [6, 6.07) is 8.36. The van der Waals surface area contributed by atoms with Gasteiger partial charge >= 0.3 is 0 Å². The third-order valence-electron chi connectivity index (χ3n) is 3.14. The SMILES string of the molecule is CNC1CCC(S(=O)c2ccc(Br)cc2)C1. The zero-order chi connectivity index (χ0) is 11.5. The van der Waals surface area contributed by atoms with Gasteiger partial charge in [0.1, 0.15) is 0 Å². The average molecular weight is 302 g/mol. The van der Waals surface area contributed by atoms with Crippen LogP contribution in [0.2, 0.25) is 0 Å². The quantitative estimate of drug-likeness (QED) is 0.930. The molecule has 2 nitrogen and oxygen atoms in total. The number of benzene rings is 1. The second kappa shape index (κ2) is 5.43. The molecule has 1 aromatic rings. The van der Waals surface area contributed by atoms with E-state index in [-0.39, 0.29) is 0 Å². The Balaban J connectivity index is 2.05. The highest BCUT2D eigenvalue weighted by molar-refractivity contribution is 9.10. The van der Waals surface area contributed by atoms with Gasteiger partial charge in [-0.05, 0) is 50.6 Å². The van der Waals surface area contributed by atoms with E-state index in [9.17, 15) is 4.21 Å². The van der Waals surface area contributed by atoms with E-state index in [0.29, 0.717) is 11.3 Å². The molecule has 3 atom stereocenters. The average Bonchev–Trinajstić information content (AvgIpc) is 2.77. The minimum absolute atomic E-state index is 0.318. The van der Waals surface area contributed by atoms with E-state index < -0.39 is 10.8 Å². The monoisotopic (exact) mass is 301 g/mol. The van der Waals surface area contributed by atoms with Crippen LogP contribution in [0.15, 0.2) is 33.6 Å². The third kappa shape index (κ3) is 2.73. The molecule has 0 bridgehead atoms. The van der Waals surface area contributed by atoms with Crippen molar-refractivity contribution in [2.24, 2.45) is 0 Å². The standard InChI is InChI=1S/C12H16BrNOS/c1-14-10-4-7-12(8-10)16(15)11-5-2-9(13)3-6-11/h2-3,5-6,10,12,14H,4,7-8H2,1H3. The Morgan fingerprint density at radius 2 is 2.00 bits per heavy atom. The fourth-order valence-corrected chi connectivity index (χ4v) is 3.97. The second-order valence-electron chi connectivity index (χ2n) is 4.17. The predicted octanol–water partition coefficient (Wildman–Crippen LogP) is 2.70. The molecule has 0 saturated heterocycles. The molecule has 2 rings (SSSR count). The van der Waals surface area contributed by atoms with Crippen molar-refractivity contribution in [1.29, 1.82) is 0 Å². The lowest BCUT2D eigenvalue weighted by Gasteiger charge is -2.10. The van der Waals surface area contributed by atoms with Gasteiger partial charge in [0.05, 0.1) is 10.8 Å². The van der Waals surface area contributed by atoms with Gasteiger partial charge < -0.3 is 5.32 Å². The lowest BCUT2D eigenvalue weighted by atomic mass is 10.3. The van der Waals surface area contributed by atoms with Crippen LogP contribution in [0.3, 0.4) is 0 Å². The first-order chi connectivity index (χ1) is 7.70. The minimum Gasteiger partial charge on any atom is -0.317 e. The van der Waals surface area contributed by atoms with Gasteiger partial charge in [0, 0.05) is 20.7 Å². The largest absolute Gasteiger partial charge is 0.317 e. The highest BCUT2D eigenvalue weighted by Crippen LogP contribution is 2.27. The topological polar surface area (TPSA) is 29.1 Å². The Bertz CT molecular complexity index is 379. The number of nitrogens with one attached hydrogen (secondary N) is 1. The molecule has 1 N–H and O–H groups in total. The first-order valence-corrected chi connectivity index (χ1v) is 7.54. The summed E-state index contributed by atoms with van der Waals surface area (Å²) >= 11 is 3.39. The molecule has 3 unspecified atom stereocenters. The molecule has 4 heteroatoms. The van der Waals surface area contributed by atoms with Gasteiger partial charge in [-0.2, -0.15) is 0 Å². The Labute approximate surface area is 107 Å². The number of rotatable bonds is 3. The highest BCUT2D eigenvalue weighted by Gasteiger charge is 2.28. The smallest absolute Gasteiger partial charge is 0.0561 e. The van der Waals surface area contributed by atoms with Crippen LogP contribution in [0.4, 0.5) is 0 Å². The Morgan fingerprint density at radius 1 is 1.31 bits per heavy atom. The summed E-state index contributed by atoms with van der Waals surface area (Å²) in [7, 11) is 1.13. The summed E-state index contributed by atoms with van der Waals surface area (Å²) in [4.78, 5) is 0.949. The normalized spacial score (nSPS) is 26.9. The van der Waals surface area contributed by atoms with Crippen LogP contribution in [0.5, 0.6) is 0 Å². The number of halogens is 1. The minimum atomic E-state index is -0.850. The molecule has 1 fully saturated rings. The molecule has 16 heavy (non-hydrogen) atoms.